The molecule has 0 amide bonds. The van der Waals surface area contributed by atoms with Crippen LogP contribution < -0.4 is 25.7 Å². The molecule has 45 heavy (non-hydrogen) atoms. The van der Waals surface area contributed by atoms with Crippen LogP contribution in [0.4, 0.5) is 0 Å². The zero-order valence-corrected chi connectivity index (χ0v) is 28.0. The van der Waals surface area contributed by atoms with Gasteiger partial charge in [-0.3, -0.25) is 9.59 Å². The van der Waals surface area contributed by atoms with Crippen LogP contribution in [0.15, 0.2) is 18.0 Å². The number of carboxylic acids is 1. The number of hydrogen-bond donors (Lipinski definition) is 2. The van der Waals surface area contributed by atoms with Gasteiger partial charge in [0.1, 0.15) is 5.92 Å². The van der Waals surface area contributed by atoms with Gasteiger partial charge in [-0.25, -0.2) is 0 Å². The number of aliphatic hydroxyl groups is 1. The topological polar surface area (TPSA) is 140 Å². The van der Waals surface area contributed by atoms with E-state index < -0.39 is 24.0 Å². The van der Waals surface area contributed by atoms with E-state index in [1.54, 1.807) is 6.08 Å². The van der Waals surface area contributed by atoms with Gasteiger partial charge in [-0.2, -0.15) is 11.4 Å². The number of aromatic nitrogens is 3. The fourth-order valence-electron chi connectivity index (χ4n) is 7.12. The molecule has 8 bridgehead atoms. The molecular formula is C35H36MgN4O5-2. The van der Waals surface area contributed by atoms with Gasteiger partial charge in [-0.15, -0.1) is 33.5 Å². The summed E-state index contributed by atoms with van der Waals surface area (Å²) in [5.74, 6) is -3.05. The summed E-state index contributed by atoms with van der Waals surface area (Å²) in [7, 11) is 1.29. The number of ether oxygens (including phenoxy) is 1. The van der Waals surface area contributed by atoms with Crippen LogP contribution in [-0.4, -0.2) is 52.3 Å². The Morgan fingerprint density at radius 2 is 1.69 bits per heavy atom. The molecule has 0 spiro atoms. The van der Waals surface area contributed by atoms with E-state index in [4.69, 9.17) is 25.0 Å². The zero-order chi connectivity index (χ0) is 31.6. The number of allylic oxidation sites excluding steroid dienone is 2. The first kappa shape index (κ1) is 32.7. The minimum Gasteiger partial charge on any atom is -0.664 e. The second-order valence-electron chi connectivity index (χ2n) is 11.9. The molecule has 2 N–H and O–H groups in total. The minimum atomic E-state index is -1.19. The number of nitrogens with zero attached hydrogens (tertiary/aromatic N) is 4. The maximum Gasteiger partial charge on any atom is 2.00 e. The molecule has 230 valence electrons. The van der Waals surface area contributed by atoms with Crippen molar-refractivity contribution in [3.63, 3.8) is 0 Å². The number of rotatable bonds is 6. The summed E-state index contributed by atoms with van der Waals surface area (Å²) in [6, 6.07) is 0. The Morgan fingerprint density at radius 1 is 1.00 bits per heavy atom. The normalized spacial score (nSPS) is 25.6. The van der Waals surface area contributed by atoms with Gasteiger partial charge < -0.3 is 35.2 Å². The molecule has 0 unspecified atom stereocenters. The zero-order valence-electron chi connectivity index (χ0n) is 26.6. The number of fused-ring (bicyclic) bond motifs is 7. The van der Waals surface area contributed by atoms with Gasteiger partial charge in [0, 0.05) is 6.42 Å². The minimum absolute atomic E-state index is 0. The molecule has 0 saturated carbocycles. The van der Waals surface area contributed by atoms with Gasteiger partial charge in [0.25, 0.3) is 0 Å². The standard InChI is InChI=1S/C35H36N4O5.Mg/c1-8-19-15(3)22-12-24-17(5)21(10-11-28(40)41)32(38-24)30-31(35(43)44-7)34(42)29-18(6)25(39-33(29)30)14-27-20(9-2)16(4)23(37-27)13-26(19)36-22;/h8,12-14,17,21,31,34,42H,1,9-11H2,2-7H3,(H,40,41);/q-4;+2/b23-13-,24-12-,27-14-,32-30-;/t17-,21-,31+,34-;/m0./s1. The predicted molar refractivity (Wildman–Crippen MR) is 173 cm³/mol. The smallest absolute Gasteiger partial charge is 0.664 e. The molecule has 4 atom stereocenters. The van der Waals surface area contributed by atoms with Crippen molar-refractivity contribution in [3.8, 4) is 0 Å². The van der Waals surface area contributed by atoms with Gasteiger partial charge >= 0.3 is 35.0 Å². The van der Waals surface area contributed by atoms with Crippen molar-refractivity contribution in [2.45, 2.75) is 60.0 Å². The van der Waals surface area contributed by atoms with E-state index in [1.165, 1.54) is 7.11 Å². The van der Waals surface area contributed by atoms with Crippen molar-refractivity contribution in [1.29, 1.82) is 0 Å². The molecule has 1 saturated heterocycles. The molecule has 6 rings (SSSR count). The third kappa shape index (κ3) is 5.12. The molecule has 9 nitrogen and oxygen atoms in total. The third-order valence-corrected chi connectivity index (χ3v) is 9.61. The van der Waals surface area contributed by atoms with Crippen molar-refractivity contribution in [2.75, 3.05) is 7.11 Å². The average Bonchev–Trinajstić information content (AvgIpc) is 3.72. The summed E-state index contributed by atoms with van der Waals surface area (Å²) in [5, 5.41) is 27.9. The number of methoxy groups -OCH3 is 1. The number of carboxylic acid groups (broad SMARTS) is 1. The number of aliphatic hydroxyl groups excluding tert-OH is 1. The molecular weight excluding hydrogens is 581 g/mol. The first-order valence-electron chi connectivity index (χ1n) is 15.0. The summed E-state index contributed by atoms with van der Waals surface area (Å²) in [4.78, 5) is 40.0. The average molecular weight is 617 g/mol. The largest absolute Gasteiger partial charge is 2.00 e. The van der Waals surface area contributed by atoms with Crippen molar-refractivity contribution >= 4 is 64.9 Å². The Morgan fingerprint density at radius 3 is 2.33 bits per heavy atom. The van der Waals surface area contributed by atoms with Crippen molar-refractivity contribution in [3.05, 3.63) is 90.1 Å². The van der Waals surface area contributed by atoms with Crippen LogP contribution >= 0.6 is 0 Å². The Balaban J connectivity index is 0.00000400. The van der Waals surface area contributed by atoms with Crippen molar-refractivity contribution in [1.82, 2.24) is 15.0 Å². The Hall–Kier alpha value is -3.73. The van der Waals surface area contributed by atoms with Crippen LogP contribution in [0.25, 0.3) is 35.2 Å². The van der Waals surface area contributed by atoms with E-state index in [1.807, 2.05) is 39.0 Å². The molecule has 10 heteroatoms. The van der Waals surface area contributed by atoms with E-state index in [2.05, 4.69) is 20.4 Å². The molecule has 0 radical (unpaired) electrons. The summed E-state index contributed by atoms with van der Waals surface area (Å²) in [6.07, 6.45) is 7.48. The molecule has 3 aromatic heterocycles. The SMILES string of the molecule is C=Cc1c2[n-]c(c1C)/C=C1\[N-]/C(=C3\c4[n-]c(c(C)c4[C@H](O)[C@@H]3C(=O)OC)/C=c3\[n-]/c(c(C)c3CC)=C\2)[C@@H](CCC(=O)O)[C@@H]1C.[Mg+2]. The Kier molecular flexibility index (Phi) is 8.87. The summed E-state index contributed by atoms with van der Waals surface area (Å²) in [5.41, 5.74) is 9.77. The molecule has 3 aliphatic rings. The third-order valence-electron chi connectivity index (χ3n) is 9.61. The van der Waals surface area contributed by atoms with Crippen LogP contribution in [-0.2, 0) is 20.7 Å². The molecule has 0 aromatic carbocycles. The van der Waals surface area contributed by atoms with Crippen LogP contribution in [0.2, 0.25) is 0 Å². The quantitative estimate of drug-likeness (QED) is 0.317. The van der Waals surface area contributed by atoms with E-state index in [9.17, 15) is 19.8 Å². The molecule has 1 fully saturated rings. The number of carbonyl (C=O) groups is 2. The number of esters is 1. The number of carbonyl (C=O) groups excluding carboxylic acids is 1. The second-order valence-corrected chi connectivity index (χ2v) is 11.9. The number of hydrogen-bond acceptors (Lipinski definition) is 4. The van der Waals surface area contributed by atoms with Crippen molar-refractivity contribution < 1.29 is 24.5 Å². The van der Waals surface area contributed by atoms with E-state index in [-0.39, 0.29) is 41.3 Å². The van der Waals surface area contributed by atoms with Crippen LogP contribution in [0.1, 0.15) is 88.9 Å². The second kappa shape index (κ2) is 12.2. The van der Waals surface area contributed by atoms with Crippen LogP contribution in [0.3, 0.4) is 0 Å². The van der Waals surface area contributed by atoms with Gasteiger partial charge in [-0.1, -0.05) is 72.6 Å². The fourth-order valence-corrected chi connectivity index (χ4v) is 7.12. The Bertz CT molecular complexity index is 1920. The molecule has 2 aliphatic heterocycles. The summed E-state index contributed by atoms with van der Waals surface area (Å²) in [6.45, 7) is 14.1. The van der Waals surface area contributed by atoms with Crippen molar-refractivity contribution in [2.24, 2.45) is 17.8 Å². The van der Waals surface area contributed by atoms with Gasteiger partial charge in [0.15, 0.2) is 0 Å². The van der Waals surface area contributed by atoms with E-state index in [0.29, 0.717) is 34.6 Å². The molecule has 5 heterocycles. The summed E-state index contributed by atoms with van der Waals surface area (Å²) < 4.78 is 5.17. The fraction of sp³-hybridized carbons (Fsp3) is 0.371. The maximum atomic E-state index is 13.2. The van der Waals surface area contributed by atoms with Gasteiger partial charge in [0.2, 0.25) is 0 Å². The van der Waals surface area contributed by atoms with Crippen LogP contribution in [0.5, 0.6) is 0 Å². The summed E-state index contributed by atoms with van der Waals surface area (Å²) >= 11 is 0. The van der Waals surface area contributed by atoms with Crippen LogP contribution in [0, 0.1) is 38.5 Å². The molecule has 3 aromatic rings. The number of aliphatic carboxylic acids is 1. The predicted octanol–water partition coefficient (Wildman–Crippen LogP) is 3.37. The van der Waals surface area contributed by atoms with E-state index in [0.717, 1.165) is 62.0 Å². The Labute approximate surface area is 278 Å². The first-order chi connectivity index (χ1) is 21.0. The first-order valence-corrected chi connectivity index (χ1v) is 15.0. The maximum absolute atomic E-state index is 13.2. The monoisotopic (exact) mass is 616 g/mol. The molecule has 1 aliphatic carbocycles. The van der Waals surface area contributed by atoms with Gasteiger partial charge in [-0.05, 0) is 56.6 Å². The van der Waals surface area contributed by atoms with E-state index >= 15 is 0 Å². The van der Waals surface area contributed by atoms with Gasteiger partial charge in [0.05, 0.1) is 13.2 Å².